The fourth-order valence-electron chi connectivity index (χ4n) is 3.55. The van der Waals surface area contributed by atoms with E-state index in [0.717, 1.165) is 52.2 Å². The number of piperazine rings is 1. The van der Waals surface area contributed by atoms with Crippen molar-refractivity contribution in [1.82, 2.24) is 10.2 Å². The molecule has 22 heavy (non-hydrogen) atoms. The molecule has 0 spiro atoms. The van der Waals surface area contributed by atoms with Gasteiger partial charge in [-0.15, -0.1) is 0 Å². The van der Waals surface area contributed by atoms with Crippen molar-refractivity contribution in [2.45, 2.75) is 18.9 Å². The highest BCUT2D eigenvalue weighted by Gasteiger charge is 2.33. The first-order valence-corrected chi connectivity index (χ1v) is 8.66. The number of nitrogens with one attached hydrogen (secondary N) is 1. The number of hydrogen-bond acceptors (Lipinski definition) is 4. The molecule has 2 saturated heterocycles. The maximum Gasteiger partial charge on any atom is 0.134 e. The normalized spacial score (nSPS) is 22.6. The lowest BCUT2D eigenvalue weighted by Gasteiger charge is -2.41. The summed E-state index contributed by atoms with van der Waals surface area (Å²) in [7, 11) is 0. The van der Waals surface area contributed by atoms with E-state index in [4.69, 9.17) is 4.74 Å². The first-order chi connectivity index (χ1) is 10.7. The summed E-state index contributed by atoms with van der Waals surface area (Å²) in [4.78, 5) is 2.37. The van der Waals surface area contributed by atoms with Crippen LogP contribution in [0.5, 0.6) is 5.75 Å². The molecule has 0 aliphatic carbocycles. The van der Waals surface area contributed by atoms with Crippen LogP contribution >= 0.6 is 15.9 Å². The highest BCUT2D eigenvalue weighted by molar-refractivity contribution is 9.10. The molecular formula is C16H22BrFN2O2. The van der Waals surface area contributed by atoms with Crippen molar-refractivity contribution in [3.63, 3.8) is 0 Å². The van der Waals surface area contributed by atoms with Crippen LogP contribution < -0.4 is 5.32 Å². The molecule has 0 aromatic heterocycles. The van der Waals surface area contributed by atoms with Crippen molar-refractivity contribution in [3.8, 4) is 5.75 Å². The van der Waals surface area contributed by atoms with Crippen molar-refractivity contribution in [2.24, 2.45) is 5.92 Å². The molecule has 1 aromatic carbocycles. The largest absolute Gasteiger partial charge is 0.506 e. The van der Waals surface area contributed by atoms with Crippen molar-refractivity contribution in [1.29, 1.82) is 0 Å². The Kier molecular flexibility index (Phi) is 5.33. The number of aromatic hydroxyl groups is 1. The van der Waals surface area contributed by atoms with Gasteiger partial charge >= 0.3 is 0 Å². The zero-order chi connectivity index (χ0) is 15.5. The van der Waals surface area contributed by atoms with E-state index in [9.17, 15) is 9.50 Å². The van der Waals surface area contributed by atoms with E-state index in [-0.39, 0.29) is 17.6 Å². The second-order valence-corrected chi connectivity index (χ2v) is 6.86. The minimum atomic E-state index is -0.313. The van der Waals surface area contributed by atoms with Crippen LogP contribution in [-0.4, -0.2) is 49.4 Å². The van der Waals surface area contributed by atoms with E-state index in [1.54, 1.807) is 0 Å². The lowest BCUT2D eigenvalue weighted by molar-refractivity contribution is 0.0205. The number of rotatable bonds is 3. The van der Waals surface area contributed by atoms with Gasteiger partial charge in [0.15, 0.2) is 0 Å². The smallest absolute Gasteiger partial charge is 0.134 e. The summed E-state index contributed by atoms with van der Waals surface area (Å²) >= 11 is 3.27. The average Bonchev–Trinajstić information content (AvgIpc) is 2.54. The van der Waals surface area contributed by atoms with E-state index >= 15 is 0 Å². The zero-order valence-corrected chi connectivity index (χ0v) is 14.1. The molecule has 2 N–H and O–H groups in total. The molecule has 4 nitrogen and oxygen atoms in total. The molecule has 1 atom stereocenters. The number of phenols is 1. The second kappa shape index (κ2) is 7.25. The molecule has 1 aromatic rings. The van der Waals surface area contributed by atoms with Crippen LogP contribution in [0, 0.1) is 11.7 Å². The fourth-order valence-corrected chi connectivity index (χ4v) is 4.00. The topological polar surface area (TPSA) is 44.7 Å². The summed E-state index contributed by atoms with van der Waals surface area (Å²) in [5, 5.41) is 13.8. The Morgan fingerprint density at radius 3 is 2.64 bits per heavy atom. The Morgan fingerprint density at radius 2 is 1.95 bits per heavy atom. The third-order valence-electron chi connectivity index (χ3n) is 4.63. The highest BCUT2D eigenvalue weighted by atomic mass is 79.9. The number of benzene rings is 1. The standard InChI is InChI=1S/C16H22BrFN2O2/c17-14-10-12(18)9-13(16(14)21)15(11-1-7-22-8-2-11)20-5-3-19-4-6-20/h9-11,15,19,21H,1-8H2/t15-/m0/s1. The first kappa shape index (κ1) is 16.2. The quantitative estimate of drug-likeness (QED) is 0.855. The molecule has 0 bridgehead atoms. The zero-order valence-electron chi connectivity index (χ0n) is 12.5. The van der Waals surface area contributed by atoms with Gasteiger partial charge in [0.25, 0.3) is 0 Å². The van der Waals surface area contributed by atoms with Crippen LogP contribution in [0.2, 0.25) is 0 Å². The number of ether oxygens (including phenoxy) is 1. The molecule has 2 heterocycles. The lowest BCUT2D eigenvalue weighted by Crippen LogP contribution is -2.47. The van der Waals surface area contributed by atoms with Crippen LogP contribution in [0.25, 0.3) is 0 Å². The first-order valence-electron chi connectivity index (χ1n) is 7.87. The maximum atomic E-state index is 13.9. The van der Waals surface area contributed by atoms with Gasteiger partial charge in [0.05, 0.1) is 4.47 Å². The maximum absolute atomic E-state index is 13.9. The van der Waals surface area contributed by atoms with E-state index in [2.05, 4.69) is 26.1 Å². The average molecular weight is 373 g/mol. The van der Waals surface area contributed by atoms with Gasteiger partial charge in [-0.25, -0.2) is 4.39 Å². The van der Waals surface area contributed by atoms with E-state index in [1.807, 2.05) is 0 Å². The van der Waals surface area contributed by atoms with Gasteiger partial charge in [-0.05, 0) is 46.8 Å². The molecular weight excluding hydrogens is 351 g/mol. The van der Waals surface area contributed by atoms with E-state index in [0.29, 0.717) is 16.0 Å². The highest BCUT2D eigenvalue weighted by Crippen LogP contribution is 2.42. The molecule has 6 heteroatoms. The number of halogens is 2. The molecule has 0 saturated carbocycles. The Morgan fingerprint density at radius 1 is 1.27 bits per heavy atom. The predicted molar refractivity (Wildman–Crippen MR) is 86.5 cm³/mol. The lowest BCUT2D eigenvalue weighted by atomic mass is 9.85. The Labute approximate surface area is 138 Å². The van der Waals surface area contributed by atoms with Gasteiger partial charge in [0, 0.05) is 51.0 Å². The van der Waals surface area contributed by atoms with E-state index < -0.39 is 0 Å². The summed E-state index contributed by atoms with van der Waals surface area (Å²) in [6, 6.07) is 2.85. The molecule has 0 radical (unpaired) electrons. The van der Waals surface area contributed by atoms with Gasteiger partial charge < -0.3 is 15.2 Å². The Bertz CT molecular complexity index is 499. The van der Waals surface area contributed by atoms with E-state index in [1.165, 1.54) is 12.1 Å². The Hall–Kier alpha value is -0.690. The Balaban J connectivity index is 1.96. The minimum Gasteiger partial charge on any atom is -0.506 e. The SMILES string of the molecule is Oc1c(Br)cc(F)cc1[C@H](C1CCOCC1)N1CCNCC1. The van der Waals surface area contributed by atoms with Gasteiger partial charge in [-0.2, -0.15) is 0 Å². The van der Waals surface area contributed by atoms with Gasteiger partial charge in [0.2, 0.25) is 0 Å². The molecule has 0 amide bonds. The number of nitrogens with zero attached hydrogens (tertiary/aromatic N) is 1. The molecule has 2 fully saturated rings. The van der Waals surface area contributed by atoms with Gasteiger partial charge in [0.1, 0.15) is 11.6 Å². The third-order valence-corrected chi connectivity index (χ3v) is 5.24. The number of hydrogen-bond donors (Lipinski definition) is 2. The van der Waals surface area contributed by atoms with Crippen molar-refractivity contribution < 1.29 is 14.2 Å². The van der Waals surface area contributed by atoms with Gasteiger partial charge in [-0.1, -0.05) is 0 Å². The van der Waals surface area contributed by atoms with Crippen molar-refractivity contribution >= 4 is 15.9 Å². The second-order valence-electron chi connectivity index (χ2n) is 6.01. The summed E-state index contributed by atoms with van der Waals surface area (Å²) in [6.45, 7) is 5.16. The van der Waals surface area contributed by atoms with Crippen LogP contribution in [0.4, 0.5) is 4.39 Å². The molecule has 2 aliphatic rings. The molecule has 2 aliphatic heterocycles. The van der Waals surface area contributed by atoms with Crippen LogP contribution in [0.3, 0.4) is 0 Å². The molecule has 3 rings (SSSR count). The molecule has 122 valence electrons. The van der Waals surface area contributed by atoms with Crippen LogP contribution in [-0.2, 0) is 4.74 Å². The predicted octanol–water partition coefficient (Wildman–Crippen LogP) is 2.67. The van der Waals surface area contributed by atoms with Crippen LogP contribution in [0.1, 0.15) is 24.4 Å². The van der Waals surface area contributed by atoms with Crippen LogP contribution in [0.15, 0.2) is 16.6 Å². The minimum absolute atomic E-state index is 0.0398. The summed E-state index contributed by atoms with van der Waals surface area (Å²) in [6.07, 6.45) is 1.89. The summed E-state index contributed by atoms with van der Waals surface area (Å²) in [5.74, 6) is 0.231. The summed E-state index contributed by atoms with van der Waals surface area (Å²) in [5.41, 5.74) is 0.695. The van der Waals surface area contributed by atoms with Gasteiger partial charge in [-0.3, -0.25) is 4.90 Å². The number of phenolic OH excluding ortho intramolecular Hbond substituents is 1. The monoisotopic (exact) mass is 372 g/mol. The third kappa shape index (κ3) is 3.45. The fraction of sp³-hybridized carbons (Fsp3) is 0.625. The van der Waals surface area contributed by atoms with Crippen molar-refractivity contribution in [2.75, 3.05) is 39.4 Å². The van der Waals surface area contributed by atoms with Crippen molar-refractivity contribution in [3.05, 3.63) is 28.0 Å². The molecule has 0 unspecified atom stereocenters. The summed E-state index contributed by atoms with van der Waals surface area (Å²) < 4.78 is 19.8.